The number of nitrogens with zero attached hydrogens (tertiary/aromatic N) is 1. The van der Waals surface area contributed by atoms with Crippen LogP contribution in [-0.4, -0.2) is 28.8 Å². The smallest absolute Gasteiger partial charge is 0.247 e. The highest BCUT2D eigenvalue weighted by Gasteiger charge is 2.19. The van der Waals surface area contributed by atoms with Crippen LogP contribution in [0.4, 0.5) is 4.39 Å². The Morgan fingerprint density at radius 3 is 2.86 bits per heavy atom. The van der Waals surface area contributed by atoms with E-state index < -0.39 is 5.91 Å². The molecule has 4 rings (SSSR count). The number of hydrogen-bond acceptors (Lipinski definition) is 4. The van der Waals surface area contributed by atoms with Crippen LogP contribution in [-0.2, 0) is 30.7 Å². The monoisotopic (exact) mass is 397 g/mol. The summed E-state index contributed by atoms with van der Waals surface area (Å²) in [6.07, 6.45) is 1.86. The second-order valence-electron chi connectivity index (χ2n) is 7.22. The molecule has 1 amide bonds. The fraction of sp³-hybridized carbons (Fsp3) is 0.318. The number of fused-ring (bicyclic) bond motifs is 3. The van der Waals surface area contributed by atoms with Gasteiger partial charge in [-0.15, -0.1) is 0 Å². The molecule has 1 aliphatic heterocycles. The van der Waals surface area contributed by atoms with Crippen LogP contribution in [0.1, 0.15) is 23.2 Å². The molecule has 2 heterocycles. The van der Waals surface area contributed by atoms with Gasteiger partial charge in [0.15, 0.2) is 0 Å². The Bertz CT molecular complexity index is 1010. The van der Waals surface area contributed by atoms with Gasteiger partial charge in [-0.25, -0.2) is 9.87 Å². The molecule has 29 heavy (non-hydrogen) atoms. The summed E-state index contributed by atoms with van der Waals surface area (Å²) >= 11 is 0. The number of carbonyl (C=O) groups excluding carboxylic acids is 1. The van der Waals surface area contributed by atoms with E-state index in [1.165, 1.54) is 17.3 Å². The first-order valence-corrected chi connectivity index (χ1v) is 9.80. The molecule has 1 aliphatic rings. The van der Waals surface area contributed by atoms with Gasteiger partial charge in [-0.3, -0.25) is 10.0 Å². The fourth-order valence-corrected chi connectivity index (χ4v) is 3.95. The maximum atomic E-state index is 13.7. The first kappa shape index (κ1) is 19.4. The Morgan fingerprint density at radius 2 is 2.07 bits per heavy atom. The molecule has 6 nitrogen and oxygen atoms in total. The molecule has 0 fully saturated rings. The first-order chi connectivity index (χ1) is 14.2. The Kier molecular flexibility index (Phi) is 5.78. The lowest BCUT2D eigenvalue weighted by molar-refractivity contribution is -0.128. The standard InChI is InChI=1S/C22H24FN3O3/c23-16-4-7-20-19(13-16)18-8-9-24-14-21(18)26(20)10-1-11-29-17-5-2-15(3-6-17)12-22(27)25-28/h2-7,13,24,28H,1,8-12,14H2,(H,25,27). The van der Waals surface area contributed by atoms with Crippen molar-refractivity contribution in [1.29, 1.82) is 0 Å². The van der Waals surface area contributed by atoms with Crippen LogP contribution in [0.3, 0.4) is 0 Å². The largest absolute Gasteiger partial charge is 0.494 e. The quantitative estimate of drug-likeness (QED) is 0.326. The van der Waals surface area contributed by atoms with Crippen molar-refractivity contribution in [3.63, 3.8) is 0 Å². The van der Waals surface area contributed by atoms with Crippen molar-refractivity contribution in [2.24, 2.45) is 0 Å². The van der Waals surface area contributed by atoms with E-state index in [9.17, 15) is 9.18 Å². The number of hydroxylamine groups is 1. The molecule has 1 aromatic heterocycles. The van der Waals surface area contributed by atoms with E-state index >= 15 is 0 Å². The van der Waals surface area contributed by atoms with E-state index in [2.05, 4.69) is 9.88 Å². The van der Waals surface area contributed by atoms with Gasteiger partial charge >= 0.3 is 0 Å². The van der Waals surface area contributed by atoms with Crippen LogP contribution in [0.2, 0.25) is 0 Å². The third-order valence-electron chi connectivity index (χ3n) is 5.30. The number of carbonyl (C=O) groups is 1. The molecule has 0 atom stereocenters. The van der Waals surface area contributed by atoms with Crippen LogP contribution in [0, 0.1) is 5.82 Å². The summed E-state index contributed by atoms with van der Waals surface area (Å²) in [5, 5.41) is 13.0. The van der Waals surface area contributed by atoms with E-state index in [4.69, 9.17) is 9.94 Å². The number of rotatable bonds is 7. The molecule has 0 saturated carbocycles. The Balaban J connectivity index is 1.39. The number of ether oxygens (including phenoxy) is 1. The maximum absolute atomic E-state index is 13.7. The van der Waals surface area contributed by atoms with Gasteiger partial charge < -0.3 is 14.6 Å². The topological polar surface area (TPSA) is 75.5 Å². The lowest BCUT2D eigenvalue weighted by atomic mass is 10.0. The van der Waals surface area contributed by atoms with E-state index in [0.29, 0.717) is 6.61 Å². The SMILES string of the molecule is O=C(Cc1ccc(OCCCn2c3c(c4cc(F)ccc42)CCNC3)cc1)NO. The van der Waals surface area contributed by atoms with Crippen molar-refractivity contribution in [2.75, 3.05) is 13.2 Å². The van der Waals surface area contributed by atoms with Crippen LogP contribution in [0.5, 0.6) is 5.75 Å². The number of nitrogens with one attached hydrogen (secondary N) is 2. The fourth-order valence-electron chi connectivity index (χ4n) is 3.95. The molecule has 0 radical (unpaired) electrons. The maximum Gasteiger partial charge on any atom is 0.247 e. The molecular formula is C22H24FN3O3. The Labute approximate surface area is 168 Å². The second kappa shape index (κ2) is 8.63. The first-order valence-electron chi connectivity index (χ1n) is 9.80. The van der Waals surface area contributed by atoms with E-state index in [0.717, 1.165) is 54.7 Å². The number of aryl methyl sites for hydroxylation is 1. The van der Waals surface area contributed by atoms with Crippen molar-refractivity contribution in [3.05, 3.63) is 65.1 Å². The zero-order valence-corrected chi connectivity index (χ0v) is 16.1. The van der Waals surface area contributed by atoms with Crippen LogP contribution in [0.25, 0.3) is 10.9 Å². The van der Waals surface area contributed by atoms with E-state index in [1.54, 1.807) is 23.7 Å². The average molecular weight is 397 g/mol. The molecule has 0 saturated heterocycles. The third kappa shape index (κ3) is 4.26. The molecule has 2 aromatic carbocycles. The highest BCUT2D eigenvalue weighted by atomic mass is 19.1. The van der Waals surface area contributed by atoms with Crippen molar-refractivity contribution in [1.82, 2.24) is 15.4 Å². The number of aromatic nitrogens is 1. The minimum absolute atomic E-state index is 0.122. The zero-order chi connectivity index (χ0) is 20.2. The van der Waals surface area contributed by atoms with Crippen LogP contribution in [0.15, 0.2) is 42.5 Å². The Hall–Kier alpha value is -2.90. The lowest BCUT2D eigenvalue weighted by Gasteiger charge is -2.17. The summed E-state index contributed by atoms with van der Waals surface area (Å²) in [4.78, 5) is 11.2. The van der Waals surface area contributed by atoms with Gasteiger partial charge in [0.1, 0.15) is 11.6 Å². The molecule has 3 aromatic rings. The van der Waals surface area contributed by atoms with Gasteiger partial charge in [-0.05, 0) is 60.8 Å². The third-order valence-corrected chi connectivity index (χ3v) is 5.30. The van der Waals surface area contributed by atoms with Crippen molar-refractivity contribution < 1.29 is 19.1 Å². The summed E-state index contributed by atoms with van der Waals surface area (Å²) in [5.74, 6) is 0.0934. The minimum Gasteiger partial charge on any atom is -0.494 e. The van der Waals surface area contributed by atoms with Crippen LogP contribution < -0.4 is 15.5 Å². The molecule has 0 aliphatic carbocycles. The number of halogens is 1. The molecule has 0 unspecified atom stereocenters. The molecule has 0 spiro atoms. The van der Waals surface area contributed by atoms with Crippen molar-refractivity contribution >= 4 is 16.8 Å². The number of amides is 1. The minimum atomic E-state index is -0.449. The highest BCUT2D eigenvalue weighted by Crippen LogP contribution is 2.29. The summed E-state index contributed by atoms with van der Waals surface area (Å²) in [5.41, 5.74) is 5.99. The van der Waals surface area contributed by atoms with Crippen molar-refractivity contribution in [2.45, 2.75) is 32.4 Å². The Morgan fingerprint density at radius 1 is 1.24 bits per heavy atom. The van der Waals surface area contributed by atoms with Gasteiger partial charge in [0.25, 0.3) is 0 Å². The number of hydrogen-bond donors (Lipinski definition) is 3. The van der Waals surface area contributed by atoms with Gasteiger partial charge in [-0.2, -0.15) is 0 Å². The normalized spacial score (nSPS) is 13.3. The molecule has 3 N–H and O–H groups in total. The molecular weight excluding hydrogens is 373 g/mol. The summed E-state index contributed by atoms with van der Waals surface area (Å²) < 4.78 is 21.9. The highest BCUT2D eigenvalue weighted by molar-refractivity contribution is 5.86. The number of benzene rings is 2. The van der Waals surface area contributed by atoms with E-state index in [1.807, 2.05) is 18.2 Å². The molecule has 7 heteroatoms. The molecule has 0 bridgehead atoms. The second-order valence-corrected chi connectivity index (χ2v) is 7.22. The summed E-state index contributed by atoms with van der Waals surface area (Å²) in [6.45, 7) is 3.07. The zero-order valence-electron chi connectivity index (χ0n) is 16.1. The van der Waals surface area contributed by atoms with Gasteiger partial charge in [0.2, 0.25) is 5.91 Å². The predicted octanol–water partition coefficient (Wildman–Crippen LogP) is 2.94. The van der Waals surface area contributed by atoms with Gasteiger partial charge in [0.05, 0.1) is 13.0 Å². The van der Waals surface area contributed by atoms with Crippen molar-refractivity contribution in [3.8, 4) is 5.75 Å². The summed E-state index contributed by atoms with van der Waals surface area (Å²) in [6, 6.07) is 12.3. The van der Waals surface area contributed by atoms with Gasteiger partial charge in [0, 0.05) is 29.7 Å². The van der Waals surface area contributed by atoms with Crippen LogP contribution >= 0.6 is 0 Å². The lowest BCUT2D eigenvalue weighted by Crippen LogP contribution is -2.25. The van der Waals surface area contributed by atoms with E-state index in [-0.39, 0.29) is 12.2 Å². The van der Waals surface area contributed by atoms with Gasteiger partial charge in [-0.1, -0.05) is 12.1 Å². The average Bonchev–Trinajstić information content (AvgIpc) is 3.05. The molecule has 152 valence electrons. The predicted molar refractivity (Wildman–Crippen MR) is 107 cm³/mol. The summed E-state index contributed by atoms with van der Waals surface area (Å²) in [7, 11) is 0.